The minimum Gasteiger partial charge on any atom is -0.497 e. The third kappa shape index (κ3) is 5.32. The van der Waals surface area contributed by atoms with Crippen LogP contribution in [0.2, 0.25) is 0 Å². The molecule has 29 heavy (non-hydrogen) atoms. The van der Waals surface area contributed by atoms with Crippen LogP contribution in [0, 0.1) is 10.1 Å². The number of hydrogen-bond donors (Lipinski definition) is 2. The number of nitrogens with zero attached hydrogens (tertiary/aromatic N) is 1. The maximum atomic E-state index is 13.5. The first-order valence-electron chi connectivity index (χ1n) is 8.21. The third-order valence-corrected chi connectivity index (χ3v) is 4.07. The van der Waals surface area contributed by atoms with E-state index in [1.54, 1.807) is 0 Å². The van der Waals surface area contributed by atoms with Gasteiger partial charge in [-0.05, 0) is 41.5 Å². The average molecular weight is 410 g/mol. The van der Waals surface area contributed by atoms with Crippen LogP contribution in [0.15, 0.2) is 54.6 Å². The minimum atomic E-state index is -5.06. The molecule has 0 aliphatic carbocycles. The molecule has 0 fully saturated rings. The van der Waals surface area contributed by atoms with Gasteiger partial charge in [0.1, 0.15) is 5.75 Å². The monoisotopic (exact) mass is 410 g/mol. The van der Waals surface area contributed by atoms with E-state index in [4.69, 9.17) is 4.74 Å². The van der Waals surface area contributed by atoms with Gasteiger partial charge in [-0.15, -0.1) is 0 Å². The van der Waals surface area contributed by atoms with Gasteiger partial charge in [-0.25, -0.2) is 0 Å². The van der Waals surface area contributed by atoms with Crippen LogP contribution in [-0.4, -0.2) is 35.8 Å². The number of nitro benzene ring substituents is 1. The molecular weight excluding hydrogens is 393 g/mol. The topological polar surface area (TPSA) is 102 Å². The molecular formula is C19H17F3N2O5. The van der Waals surface area contributed by atoms with Gasteiger partial charge in [-0.2, -0.15) is 13.2 Å². The highest BCUT2D eigenvalue weighted by atomic mass is 19.4. The lowest BCUT2D eigenvalue weighted by molar-refractivity contribution is -0.384. The molecule has 7 nitrogen and oxygen atoms in total. The molecule has 154 valence electrons. The van der Waals surface area contributed by atoms with E-state index in [1.165, 1.54) is 49.6 Å². The van der Waals surface area contributed by atoms with Gasteiger partial charge in [-0.3, -0.25) is 14.9 Å². The first-order valence-corrected chi connectivity index (χ1v) is 8.21. The van der Waals surface area contributed by atoms with Crippen molar-refractivity contribution in [2.75, 3.05) is 13.7 Å². The molecule has 0 aromatic heterocycles. The zero-order valence-corrected chi connectivity index (χ0v) is 15.1. The van der Waals surface area contributed by atoms with Crippen LogP contribution in [0.5, 0.6) is 5.75 Å². The highest BCUT2D eigenvalue weighted by Gasteiger charge is 2.55. The normalized spacial score (nSPS) is 13.7. The molecule has 0 heterocycles. The second-order valence-electron chi connectivity index (χ2n) is 5.99. The molecule has 2 aromatic rings. The largest absolute Gasteiger partial charge is 0.497 e. The number of rotatable bonds is 7. The Kier molecular flexibility index (Phi) is 6.60. The molecule has 0 saturated heterocycles. The molecule has 10 heteroatoms. The van der Waals surface area contributed by atoms with E-state index >= 15 is 0 Å². The highest BCUT2D eigenvalue weighted by molar-refractivity contribution is 5.91. The number of nitro groups is 1. The summed E-state index contributed by atoms with van der Waals surface area (Å²) < 4.78 is 45.4. The maximum Gasteiger partial charge on any atom is 0.423 e. The number of halogens is 3. The van der Waals surface area contributed by atoms with Gasteiger partial charge in [0.25, 0.3) is 5.69 Å². The summed E-state index contributed by atoms with van der Waals surface area (Å²) in [5, 5.41) is 22.9. The first kappa shape index (κ1) is 21.9. The number of nitrogens with one attached hydrogen (secondary N) is 1. The number of hydrogen-bond acceptors (Lipinski definition) is 5. The summed E-state index contributed by atoms with van der Waals surface area (Å²) in [6, 6.07) is 10.0. The van der Waals surface area contributed by atoms with Crippen molar-refractivity contribution in [2.45, 2.75) is 11.8 Å². The lowest BCUT2D eigenvalue weighted by Crippen LogP contribution is -2.50. The van der Waals surface area contributed by atoms with Crippen molar-refractivity contribution in [3.8, 4) is 5.75 Å². The van der Waals surface area contributed by atoms with E-state index in [-0.39, 0.29) is 11.4 Å². The predicted octanol–water partition coefficient (Wildman–Crippen LogP) is 3.18. The van der Waals surface area contributed by atoms with Crippen molar-refractivity contribution in [3.63, 3.8) is 0 Å². The Bertz CT molecular complexity index is 913. The average Bonchev–Trinajstić information content (AvgIpc) is 2.69. The molecule has 0 bridgehead atoms. The van der Waals surface area contributed by atoms with Crippen molar-refractivity contribution in [3.05, 3.63) is 75.8 Å². The Hall–Kier alpha value is -3.40. The molecule has 0 spiro atoms. The number of aliphatic hydroxyl groups is 1. The fourth-order valence-electron chi connectivity index (χ4n) is 2.40. The molecule has 1 unspecified atom stereocenters. The quantitative estimate of drug-likeness (QED) is 0.415. The van der Waals surface area contributed by atoms with E-state index in [9.17, 15) is 33.2 Å². The second kappa shape index (κ2) is 8.74. The van der Waals surface area contributed by atoms with Gasteiger partial charge in [0.05, 0.1) is 18.6 Å². The molecule has 1 amide bonds. The molecule has 1 atom stereocenters. The van der Waals surface area contributed by atoms with Crippen molar-refractivity contribution in [2.24, 2.45) is 0 Å². The summed E-state index contributed by atoms with van der Waals surface area (Å²) in [5.74, 6) is -0.761. The Labute approximate surface area is 163 Å². The highest BCUT2D eigenvalue weighted by Crippen LogP contribution is 2.39. The van der Waals surface area contributed by atoms with Gasteiger partial charge in [0.15, 0.2) is 0 Å². The number of alkyl halides is 3. The number of carbonyl (C=O) groups excluding carboxylic acids is 1. The number of ether oxygens (including phenoxy) is 1. The fraction of sp³-hybridized carbons (Fsp3) is 0.211. The summed E-state index contributed by atoms with van der Waals surface area (Å²) in [6.45, 7) is -1.12. The zero-order valence-electron chi connectivity index (χ0n) is 15.1. The third-order valence-electron chi connectivity index (χ3n) is 4.07. The van der Waals surface area contributed by atoms with Crippen LogP contribution >= 0.6 is 0 Å². The van der Waals surface area contributed by atoms with Crippen molar-refractivity contribution in [1.29, 1.82) is 0 Å². The molecule has 0 radical (unpaired) electrons. The molecule has 0 aliphatic rings. The summed E-state index contributed by atoms with van der Waals surface area (Å²) in [7, 11) is 1.27. The lowest BCUT2D eigenvalue weighted by Gasteiger charge is -2.31. The molecule has 0 aliphatic heterocycles. The lowest BCUT2D eigenvalue weighted by atomic mass is 9.92. The number of non-ortho nitro benzene ring substituents is 1. The SMILES string of the molecule is COc1cccc(C(O)(CNC(=O)/C=C/c2ccc([N+](=O)[O-])cc2)C(F)(F)F)c1. The van der Waals surface area contributed by atoms with Gasteiger partial charge in [0, 0.05) is 18.2 Å². The summed E-state index contributed by atoms with van der Waals surface area (Å²) in [5.41, 5.74) is -3.51. The predicted molar refractivity (Wildman–Crippen MR) is 98.1 cm³/mol. The second-order valence-corrected chi connectivity index (χ2v) is 5.99. The van der Waals surface area contributed by atoms with Crippen molar-refractivity contribution >= 4 is 17.7 Å². The van der Waals surface area contributed by atoms with Gasteiger partial charge >= 0.3 is 6.18 Å². The van der Waals surface area contributed by atoms with E-state index < -0.39 is 34.7 Å². The van der Waals surface area contributed by atoms with Crippen LogP contribution in [0.4, 0.5) is 18.9 Å². The van der Waals surface area contributed by atoms with Crippen molar-refractivity contribution < 1.29 is 32.7 Å². The van der Waals surface area contributed by atoms with E-state index in [0.717, 1.165) is 18.2 Å². The molecule has 2 N–H and O–H groups in total. The zero-order chi connectivity index (χ0) is 21.7. The maximum absolute atomic E-state index is 13.5. The first-order chi connectivity index (χ1) is 13.6. The standard InChI is InChI=1S/C19H17F3N2O5/c1-29-16-4-2-3-14(11-16)18(26,19(20,21)22)12-23-17(25)10-7-13-5-8-15(9-6-13)24(27)28/h2-11,26H,12H2,1H3,(H,23,25)/b10-7+. The van der Waals surface area contributed by atoms with Crippen LogP contribution < -0.4 is 10.1 Å². The van der Waals surface area contributed by atoms with Gasteiger partial charge in [-0.1, -0.05) is 12.1 Å². The van der Waals surface area contributed by atoms with Gasteiger partial charge in [0.2, 0.25) is 11.5 Å². The smallest absolute Gasteiger partial charge is 0.423 e. The summed E-state index contributed by atoms with van der Waals surface area (Å²) in [4.78, 5) is 21.9. The summed E-state index contributed by atoms with van der Waals surface area (Å²) >= 11 is 0. The van der Waals surface area contributed by atoms with Crippen LogP contribution in [0.1, 0.15) is 11.1 Å². The number of amides is 1. The van der Waals surface area contributed by atoms with E-state index in [1.807, 2.05) is 5.32 Å². The Morgan fingerprint density at radius 1 is 1.24 bits per heavy atom. The molecule has 2 aromatic carbocycles. The molecule has 0 saturated carbocycles. The van der Waals surface area contributed by atoms with Crippen molar-refractivity contribution in [1.82, 2.24) is 5.32 Å². The fourth-order valence-corrected chi connectivity index (χ4v) is 2.40. The van der Waals surface area contributed by atoms with Gasteiger partial charge < -0.3 is 15.2 Å². The van der Waals surface area contributed by atoms with E-state index in [0.29, 0.717) is 5.56 Å². The number of methoxy groups -OCH3 is 1. The number of carbonyl (C=O) groups is 1. The van der Waals surface area contributed by atoms with Crippen LogP contribution in [-0.2, 0) is 10.4 Å². The Morgan fingerprint density at radius 3 is 2.45 bits per heavy atom. The Balaban J connectivity index is 2.12. The van der Waals surface area contributed by atoms with E-state index in [2.05, 4.69) is 0 Å². The van der Waals surface area contributed by atoms with Crippen LogP contribution in [0.3, 0.4) is 0 Å². The minimum absolute atomic E-state index is 0.120. The summed E-state index contributed by atoms with van der Waals surface area (Å²) in [6.07, 6.45) is -2.82. The Morgan fingerprint density at radius 2 is 1.90 bits per heavy atom. The van der Waals surface area contributed by atoms with Crippen LogP contribution in [0.25, 0.3) is 6.08 Å². The number of benzene rings is 2. The molecule has 2 rings (SSSR count).